The summed E-state index contributed by atoms with van der Waals surface area (Å²) in [6.07, 6.45) is 0. The molecule has 158 valence electrons. The van der Waals surface area contributed by atoms with Crippen LogP contribution < -0.4 is 14.8 Å². The Labute approximate surface area is 188 Å². The Kier molecular flexibility index (Phi) is 7.64. The molecule has 0 aliphatic rings. The Hall–Kier alpha value is -2.21. The van der Waals surface area contributed by atoms with Gasteiger partial charge in [0.05, 0.1) is 21.7 Å². The predicted octanol–water partition coefficient (Wildman–Crippen LogP) is 7.51. The van der Waals surface area contributed by atoms with Crippen LogP contribution in [0.4, 0.5) is 14.5 Å². The number of ether oxygens (including phenoxy) is 2. The third-order valence-electron chi connectivity index (χ3n) is 4.21. The lowest BCUT2D eigenvalue weighted by Crippen LogP contribution is -2.05. The molecule has 0 spiro atoms. The molecule has 0 saturated heterocycles. The third kappa shape index (κ3) is 5.48. The minimum Gasteiger partial charge on any atom is -0.490 e. The normalized spacial score (nSPS) is 10.7. The molecule has 0 bridgehead atoms. The third-order valence-corrected chi connectivity index (χ3v) is 5.13. The van der Waals surface area contributed by atoms with Gasteiger partial charge in [-0.1, -0.05) is 40.9 Å². The number of hydrogen-bond acceptors (Lipinski definition) is 3. The van der Waals surface area contributed by atoms with Crippen LogP contribution in [0.25, 0.3) is 0 Å². The van der Waals surface area contributed by atoms with Crippen LogP contribution in [0.15, 0.2) is 48.5 Å². The van der Waals surface area contributed by atoms with Crippen molar-refractivity contribution in [2.24, 2.45) is 0 Å². The van der Waals surface area contributed by atoms with Gasteiger partial charge in [0, 0.05) is 17.8 Å². The van der Waals surface area contributed by atoms with Crippen molar-refractivity contribution in [3.8, 4) is 11.5 Å². The lowest BCUT2D eigenvalue weighted by molar-refractivity contribution is 0.266. The fraction of sp³-hybridized carbons (Fsp3) is 0.182. The second-order valence-electron chi connectivity index (χ2n) is 6.31. The van der Waals surface area contributed by atoms with Gasteiger partial charge in [-0.15, -0.1) is 0 Å². The van der Waals surface area contributed by atoms with Crippen molar-refractivity contribution in [2.45, 2.75) is 20.1 Å². The summed E-state index contributed by atoms with van der Waals surface area (Å²) < 4.78 is 38.7. The number of anilines is 1. The molecule has 8 heteroatoms. The van der Waals surface area contributed by atoms with E-state index in [0.29, 0.717) is 35.4 Å². The maximum atomic E-state index is 14.0. The van der Waals surface area contributed by atoms with Crippen LogP contribution in [0.5, 0.6) is 11.5 Å². The van der Waals surface area contributed by atoms with Gasteiger partial charge in [0.25, 0.3) is 0 Å². The lowest BCUT2D eigenvalue weighted by Gasteiger charge is -2.16. The highest BCUT2D eigenvalue weighted by atomic mass is 35.5. The molecule has 0 saturated carbocycles. The van der Waals surface area contributed by atoms with Crippen LogP contribution in [0.1, 0.15) is 18.1 Å². The molecule has 3 aromatic carbocycles. The van der Waals surface area contributed by atoms with Crippen molar-refractivity contribution >= 4 is 40.5 Å². The van der Waals surface area contributed by atoms with E-state index in [0.717, 1.165) is 5.56 Å². The summed E-state index contributed by atoms with van der Waals surface area (Å²) in [7, 11) is 0. The van der Waals surface area contributed by atoms with Crippen molar-refractivity contribution in [3.05, 3.63) is 86.4 Å². The van der Waals surface area contributed by atoms with Gasteiger partial charge in [0.1, 0.15) is 18.2 Å². The Morgan fingerprint density at radius 1 is 0.867 bits per heavy atom. The van der Waals surface area contributed by atoms with Crippen LogP contribution in [0.3, 0.4) is 0 Å². The molecule has 1 N–H and O–H groups in total. The number of halogens is 5. The predicted molar refractivity (Wildman–Crippen MR) is 117 cm³/mol. The van der Waals surface area contributed by atoms with Gasteiger partial charge in [-0.2, -0.15) is 0 Å². The number of nitrogens with one attached hydrogen (secondary N) is 1. The van der Waals surface area contributed by atoms with Crippen LogP contribution >= 0.6 is 34.8 Å². The van der Waals surface area contributed by atoms with Gasteiger partial charge in [-0.25, -0.2) is 8.78 Å². The molecular formula is C22H18Cl3F2NO2. The Balaban J connectivity index is 1.78. The molecule has 0 heterocycles. The quantitative estimate of drug-likeness (QED) is 0.368. The fourth-order valence-corrected chi connectivity index (χ4v) is 3.44. The second-order valence-corrected chi connectivity index (χ2v) is 7.53. The summed E-state index contributed by atoms with van der Waals surface area (Å²) in [5.74, 6) is -0.228. The molecule has 0 aromatic heterocycles. The van der Waals surface area contributed by atoms with Gasteiger partial charge >= 0.3 is 0 Å². The molecule has 0 amide bonds. The number of rotatable bonds is 8. The molecule has 30 heavy (non-hydrogen) atoms. The molecule has 0 atom stereocenters. The van der Waals surface area contributed by atoms with E-state index in [-0.39, 0.29) is 22.2 Å². The molecular weight excluding hydrogens is 455 g/mol. The van der Waals surface area contributed by atoms with Gasteiger partial charge in [-0.05, 0) is 55.0 Å². The van der Waals surface area contributed by atoms with E-state index in [4.69, 9.17) is 44.3 Å². The lowest BCUT2D eigenvalue weighted by atomic mass is 10.2. The molecule has 0 radical (unpaired) electrons. The van der Waals surface area contributed by atoms with E-state index in [1.54, 1.807) is 24.3 Å². The fourth-order valence-electron chi connectivity index (χ4n) is 2.75. The van der Waals surface area contributed by atoms with E-state index in [2.05, 4.69) is 5.32 Å². The number of hydrogen-bond donors (Lipinski definition) is 1. The summed E-state index contributed by atoms with van der Waals surface area (Å²) in [6.45, 7) is 2.51. The first-order valence-corrected chi connectivity index (χ1v) is 10.2. The average molecular weight is 473 g/mol. The van der Waals surface area contributed by atoms with Gasteiger partial charge in [0.2, 0.25) is 0 Å². The standard InChI is InChI=1S/C22H18Cl3F2NO2/c1-2-29-21-9-13(11-28-14-6-7-20(27)17(24)10-14)8-18(25)22(21)30-12-15-16(23)4-3-5-19(15)26/h3-10,28H,2,11-12H2,1H3. The van der Waals surface area contributed by atoms with Gasteiger partial charge in [-0.3, -0.25) is 0 Å². The van der Waals surface area contributed by atoms with Crippen molar-refractivity contribution < 1.29 is 18.3 Å². The Morgan fingerprint density at radius 3 is 2.37 bits per heavy atom. The van der Waals surface area contributed by atoms with E-state index in [1.165, 1.54) is 24.3 Å². The minimum absolute atomic E-state index is 0.0311. The molecule has 3 rings (SSSR count). The zero-order chi connectivity index (χ0) is 21.7. The van der Waals surface area contributed by atoms with Crippen molar-refractivity contribution in [1.29, 1.82) is 0 Å². The first kappa shape index (κ1) is 22.5. The molecule has 0 aliphatic heterocycles. The zero-order valence-corrected chi connectivity index (χ0v) is 18.2. The molecule has 3 aromatic rings. The first-order valence-electron chi connectivity index (χ1n) is 9.09. The number of benzene rings is 3. The van der Waals surface area contributed by atoms with Crippen molar-refractivity contribution in [1.82, 2.24) is 0 Å². The van der Waals surface area contributed by atoms with Crippen LogP contribution in [0, 0.1) is 11.6 Å². The highest BCUT2D eigenvalue weighted by Gasteiger charge is 2.15. The minimum atomic E-state index is -0.486. The highest BCUT2D eigenvalue weighted by Crippen LogP contribution is 2.38. The average Bonchev–Trinajstić information content (AvgIpc) is 2.70. The SMILES string of the molecule is CCOc1cc(CNc2ccc(F)c(Cl)c2)cc(Cl)c1OCc1c(F)cccc1Cl. The van der Waals surface area contributed by atoms with E-state index in [1.807, 2.05) is 6.92 Å². The monoisotopic (exact) mass is 471 g/mol. The Morgan fingerprint density at radius 2 is 1.67 bits per heavy atom. The molecule has 3 nitrogen and oxygen atoms in total. The smallest absolute Gasteiger partial charge is 0.180 e. The van der Waals surface area contributed by atoms with E-state index >= 15 is 0 Å². The van der Waals surface area contributed by atoms with Crippen LogP contribution in [-0.4, -0.2) is 6.61 Å². The topological polar surface area (TPSA) is 30.5 Å². The maximum absolute atomic E-state index is 14.0. The van der Waals surface area contributed by atoms with E-state index < -0.39 is 11.6 Å². The molecule has 0 unspecified atom stereocenters. The van der Waals surface area contributed by atoms with E-state index in [9.17, 15) is 8.78 Å². The zero-order valence-electron chi connectivity index (χ0n) is 15.9. The summed E-state index contributed by atoms with van der Waals surface area (Å²) in [6, 6.07) is 12.3. The largest absolute Gasteiger partial charge is 0.490 e. The summed E-state index contributed by atoms with van der Waals surface area (Å²) >= 11 is 18.3. The summed E-state index contributed by atoms with van der Waals surface area (Å²) in [4.78, 5) is 0. The second kappa shape index (κ2) is 10.2. The van der Waals surface area contributed by atoms with Gasteiger partial charge < -0.3 is 14.8 Å². The molecule has 0 fully saturated rings. The van der Waals surface area contributed by atoms with Crippen molar-refractivity contribution in [2.75, 3.05) is 11.9 Å². The van der Waals surface area contributed by atoms with Gasteiger partial charge in [0.15, 0.2) is 11.5 Å². The van der Waals surface area contributed by atoms with Crippen LogP contribution in [-0.2, 0) is 13.2 Å². The highest BCUT2D eigenvalue weighted by molar-refractivity contribution is 6.32. The van der Waals surface area contributed by atoms with Crippen LogP contribution in [0.2, 0.25) is 15.1 Å². The van der Waals surface area contributed by atoms with Crippen molar-refractivity contribution in [3.63, 3.8) is 0 Å². The Bertz CT molecular complexity index is 1030. The first-order chi connectivity index (χ1) is 14.4. The summed E-state index contributed by atoms with van der Waals surface area (Å²) in [5, 5.41) is 3.75. The molecule has 0 aliphatic carbocycles. The maximum Gasteiger partial charge on any atom is 0.180 e. The summed E-state index contributed by atoms with van der Waals surface area (Å²) in [5.41, 5.74) is 1.70.